The molecule has 66 valence electrons. The second-order valence-corrected chi connectivity index (χ2v) is 3.68. The predicted molar refractivity (Wildman–Crippen MR) is 53.8 cm³/mol. The van der Waals surface area contributed by atoms with E-state index in [9.17, 15) is 0 Å². The van der Waals surface area contributed by atoms with Crippen LogP contribution in [-0.4, -0.2) is 14.5 Å². The number of rotatable bonds is 1. The average Bonchev–Trinajstić information content (AvgIpc) is 2.56. The summed E-state index contributed by atoms with van der Waals surface area (Å²) in [4.78, 5) is 8.27. The van der Waals surface area contributed by atoms with E-state index in [1.165, 1.54) is 0 Å². The Bertz CT molecular complexity index is 409. The quantitative estimate of drug-likeness (QED) is 0.763. The van der Waals surface area contributed by atoms with Crippen molar-refractivity contribution in [2.75, 3.05) is 0 Å². The lowest BCUT2D eigenvalue weighted by atomic mass is 10.3. The van der Waals surface area contributed by atoms with E-state index in [1.54, 1.807) is 18.7 Å². The first kappa shape index (κ1) is 8.44. The number of nitrogens with zero attached hydrogens (tertiary/aromatic N) is 3. The molecular weight excluding hydrogens is 230 g/mol. The second-order valence-electron chi connectivity index (χ2n) is 2.76. The number of pyridine rings is 1. The van der Waals surface area contributed by atoms with E-state index >= 15 is 0 Å². The van der Waals surface area contributed by atoms with Crippen molar-refractivity contribution in [2.24, 2.45) is 0 Å². The van der Waals surface area contributed by atoms with Gasteiger partial charge < -0.3 is 0 Å². The summed E-state index contributed by atoms with van der Waals surface area (Å²) in [6, 6.07) is 2.03. The summed E-state index contributed by atoms with van der Waals surface area (Å²) in [5.74, 6) is 0.917. The van der Waals surface area contributed by atoms with E-state index in [0.29, 0.717) is 0 Å². The van der Waals surface area contributed by atoms with E-state index in [1.807, 2.05) is 23.8 Å². The molecule has 0 aromatic carbocycles. The molecule has 4 heteroatoms. The van der Waals surface area contributed by atoms with Crippen molar-refractivity contribution in [1.82, 2.24) is 14.5 Å². The third-order valence-corrected chi connectivity index (χ3v) is 2.20. The van der Waals surface area contributed by atoms with Crippen LogP contribution in [0.25, 0.3) is 5.82 Å². The molecule has 2 aromatic heterocycles. The van der Waals surface area contributed by atoms with Crippen molar-refractivity contribution in [2.45, 2.75) is 6.92 Å². The van der Waals surface area contributed by atoms with Gasteiger partial charge in [-0.15, -0.1) is 0 Å². The van der Waals surface area contributed by atoms with E-state index < -0.39 is 0 Å². The topological polar surface area (TPSA) is 30.7 Å². The van der Waals surface area contributed by atoms with E-state index in [4.69, 9.17) is 0 Å². The highest BCUT2D eigenvalue weighted by molar-refractivity contribution is 9.10. The van der Waals surface area contributed by atoms with Crippen molar-refractivity contribution in [3.63, 3.8) is 0 Å². The minimum absolute atomic E-state index is 0.917. The van der Waals surface area contributed by atoms with Crippen molar-refractivity contribution in [1.29, 1.82) is 0 Å². The SMILES string of the molecule is Cc1cc(Br)cnc1-n1ccnc1. The fraction of sp³-hybridized carbons (Fsp3) is 0.111. The first-order valence-corrected chi connectivity index (χ1v) is 4.67. The minimum Gasteiger partial charge on any atom is -0.290 e. The second kappa shape index (κ2) is 3.30. The summed E-state index contributed by atoms with van der Waals surface area (Å²) in [5.41, 5.74) is 1.12. The number of halogens is 1. The van der Waals surface area contributed by atoms with Gasteiger partial charge in [-0.1, -0.05) is 0 Å². The Balaban J connectivity index is 2.53. The fourth-order valence-electron chi connectivity index (χ4n) is 1.19. The van der Waals surface area contributed by atoms with Crippen LogP contribution in [0.1, 0.15) is 5.56 Å². The number of hydrogen-bond acceptors (Lipinski definition) is 2. The van der Waals surface area contributed by atoms with Crippen LogP contribution in [0.15, 0.2) is 35.5 Å². The number of imidazole rings is 1. The van der Waals surface area contributed by atoms with Crippen LogP contribution in [0.3, 0.4) is 0 Å². The van der Waals surface area contributed by atoms with Crippen molar-refractivity contribution < 1.29 is 0 Å². The van der Waals surface area contributed by atoms with Gasteiger partial charge in [-0.25, -0.2) is 9.97 Å². The van der Waals surface area contributed by atoms with Crippen LogP contribution in [0.5, 0.6) is 0 Å². The summed E-state index contributed by atoms with van der Waals surface area (Å²) in [6.45, 7) is 2.02. The summed E-state index contributed by atoms with van der Waals surface area (Å²) in [7, 11) is 0. The lowest BCUT2D eigenvalue weighted by Gasteiger charge is -2.04. The van der Waals surface area contributed by atoms with E-state index in [0.717, 1.165) is 15.9 Å². The van der Waals surface area contributed by atoms with Gasteiger partial charge in [0.25, 0.3) is 0 Å². The van der Waals surface area contributed by atoms with Gasteiger partial charge in [0.1, 0.15) is 12.1 Å². The molecule has 0 unspecified atom stereocenters. The average molecular weight is 238 g/mol. The molecule has 13 heavy (non-hydrogen) atoms. The van der Waals surface area contributed by atoms with Crippen LogP contribution < -0.4 is 0 Å². The molecule has 3 nitrogen and oxygen atoms in total. The normalized spacial score (nSPS) is 10.3. The molecule has 0 N–H and O–H groups in total. The first-order valence-electron chi connectivity index (χ1n) is 3.88. The fourth-order valence-corrected chi connectivity index (χ4v) is 1.63. The Morgan fingerprint density at radius 2 is 2.31 bits per heavy atom. The number of aryl methyl sites for hydroxylation is 1. The Morgan fingerprint density at radius 1 is 1.46 bits per heavy atom. The molecular formula is C9H8BrN3. The lowest BCUT2D eigenvalue weighted by molar-refractivity contribution is 0.972. The maximum absolute atomic E-state index is 4.30. The predicted octanol–water partition coefficient (Wildman–Crippen LogP) is 2.34. The maximum Gasteiger partial charge on any atom is 0.140 e. The Hall–Kier alpha value is -1.16. The molecule has 2 rings (SSSR count). The highest BCUT2D eigenvalue weighted by atomic mass is 79.9. The van der Waals surface area contributed by atoms with Gasteiger partial charge >= 0.3 is 0 Å². The molecule has 0 spiro atoms. The number of hydrogen-bond donors (Lipinski definition) is 0. The Kier molecular flexibility index (Phi) is 2.14. The third-order valence-electron chi connectivity index (χ3n) is 1.77. The third kappa shape index (κ3) is 1.62. The Labute approximate surface area is 84.6 Å². The largest absolute Gasteiger partial charge is 0.290 e. The van der Waals surface area contributed by atoms with E-state index in [-0.39, 0.29) is 0 Å². The molecule has 0 saturated heterocycles. The first-order chi connectivity index (χ1) is 6.27. The zero-order valence-corrected chi connectivity index (χ0v) is 8.69. The van der Waals surface area contributed by atoms with Gasteiger partial charge in [0.05, 0.1) is 0 Å². The van der Waals surface area contributed by atoms with Crippen LogP contribution in [0.2, 0.25) is 0 Å². The zero-order chi connectivity index (χ0) is 9.26. The minimum atomic E-state index is 0.917. The van der Waals surface area contributed by atoms with Crippen molar-refractivity contribution in [3.8, 4) is 5.82 Å². The maximum atomic E-state index is 4.30. The summed E-state index contributed by atoms with van der Waals surface area (Å²) < 4.78 is 2.88. The zero-order valence-electron chi connectivity index (χ0n) is 7.11. The highest BCUT2D eigenvalue weighted by Gasteiger charge is 2.01. The molecule has 2 aromatic rings. The van der Waals surface area contributed by atoms with Gasteiger partial charge in [0, 0.05) is 23.1 Å². The van der Waals surface area contributed by atoms with Gasteiger partial charge in [0.15, 0.2) is 0 Å². The molecule has 0 amide bonds. The lowest BCUT2D eigenvalue weighted by Crippen LogP contribution is -1.97. The molecule has 0 atom stereocenters. The van der Waals surface area contributed by atoms with Gasteiger partial charge in [-0.2, -0.15) is 0 Å². The highest BCUT2D eigenvalue weighted by Crippen LogP contribution is 2.15. The standard InChI is InChI=1S/C9H8BrN3/c1-7-4-8(10)5-12-9(7)13-3-2-11-6-13/h2-6H,1H3. The van der Waals surface area contributed by atoms with Crippen molar-refractivity contribution >= 4 is 15.9 Å². The van der Waals surface area contributed by atoms with Gasteiger partial charge in [0.2, 0.25) is 0 Å². The van der Waals surface area contributed by atoms with Gasteiger partial charge in [-0.05, 0) is 34.5 Å². The van der Waals surface area contributed by atoms with Crippen LogP contribution in [0, 0.1) is 6.92 Å². The smallest absolute Gasteiger partial charge is 0.140 e. The Morgan fingerprint density at radius 3 is 2.92 bits per heavy atom. The molecule has 2 heterocycles. The number of aromatic nitrogens is 3. The molecule has 0 radical (unpaired) electrons. The molecule has 0 aliphatic heterocycles. The molecule has 0 bridgehead atoms. The van der Waals surface area contributed by atoms with Crippen LogP contribution >= 0.6 is 15.9 Å². The van der Waals surface area contributed by atoms with Crippen LogP contribution in [0.4, 0.5) is 0 Å². The summed E-state index contributed by atoms with van der Waals surface area (Å²) in [5, 5.41) is 0. The molecule has 0 saturated carbocycles. The summed E-state index contributed by atoms with van der Waals surface area (Å²) >= 11 is 3.37. The molecule has 0 aliphatic rings. The molecule has 0 fully saturated rings. The monoisotopic (exact) mass is 237 g/mol. The summed E-state index contributed by atoms with van der Waals surface area (Å²) in [6.07, 6.45) is 7.14. The van der Waals surface area contributed by atoms with Gasteiger partial charge in [-0.3, -0.25) is 4.57 Å². The molecule has 0 aliphatic carbocycles. The van der Waals surface area contributed by atoms with Crippen LogP contribution in [-0.2, 0) is 0 Å². The van der Waals surface area contributed by atoms with E-state index in [2.05, 4.69) is 25.9 Å². The van der Waals surface area contributed by atoms with Crippen molar-refractivity contribution in [3.05, 3.63) is 41.0 Å².